The van der Waals surface area contributed by atoms with Gasteiger partial charge in [0.1, 0.15) is 5.75 Å². The van der Waals surface area contributed by atoms with E-state index in [0.717, 1.165) is 37.7 Å². The highest BCUT2D eigenvalue weighted by Crippen LogP contribution is 2.58. The van der Waals surface area contributed by atoms with Crippen LogP contribution in [0.25, 0.3) is 0 Å². The third-order valence-corrected chi connectivity index (χ3v) is 6.93. The maximum absolute atomic E-state index is 12.9. The Kier molecular flexibility index (Phi) is 3.40. The molecule has 1 aromatic rings. The Labute approximate surface area is 138 Å². The number of aromatic hydroxyl groups is 1. The monoisotopic (exact) mass is 310 g/mol. The summed E-state index contributed by atoms with van der Waals surface area (Å²) >= 11 is 0. The molecule has 4 atom stereocenters. The van der Waals surface area contributed by atoms with Gasteiger partial charge in [0.15, 0.2) is 5.78 Å². The zero-order chi connectivity index (χ0) is 16.2. The molecule has 0 bridgehead atoms. The summed E-state index contributed by atoms with van der Waals surface area (Å²) in [5.41, 5.74) is 3.68. The molecule has 2 fully saturated rings. The summed E-state index contributed by atoms with van der Waals surface area (Å²) in [6.07, 6.45) is 8.58. The molecule has 0 aliphatic heterocycles. The summed E-state index contributed by atoms with van der Waals surface area (Å²) in [4.78, 5) is 12.9. The fourth-order valence-electron chi connectivity index (χ4n) is 5.73. The van der Waals surface area contributed by atoms with Gasteiger partial charge >= 0.3 is 0 Å². The lowest BCUT2D eigenvalue weighted by atomic mass is 9.64. The lowest BCUT2D eigenvalue weighted by Gasteiger charge is -2.40. The first kappa shape index (κ1) is 15.0. The van der Waals surface area contributed by atoms with Gasteiger partial charge in [0.2, 0.25) is 0 Å². The topological polar surface area (TPSA) is 37.3 Å². The van der Waals surface area contributed by atoms with Crippen molar-refractivity contribution in [3.8, 4) is 5.75 Å². The minimum Gasteiger partial charge on any atom is -0.508 e. The van der Waals surface area contributed by atoms with Crippen molar-refractivity contribution in [2.75, 3.05) is 0 Å². The number of carbonyl (C=O) groups excluding carboxylic acids is 1. The molecule has 3 aliphatic rings. The van der Waals surface area contributed by atoms with Crippen LogP contribution in [0.2, 0.25) is 0 Å². The van der Waals surface area contributed by atoms with E-state index < -0.39 is 0 Å². The van der Waals surface area contributed by atoms with Gasteiger partial charge in [0.05, 0.1) is 0 Å². The van der Waals surface area contributed by atoms with Crippen LogP contribution >= 0.6 is 0 Å². The number of phenols is 1. The van der Waals surface area contributed by atoms with Crippen molar-refractivity contribution in [3.05, 3.63) is 41.0 Å². The third-order valence-electron chi connectivity index (χ3n) is 6.93. The van der Waals surface area contributed by atoms with Crippen molar-refractivity contribution < 1.29 is 9.90 Å². The van der Waals surface area contributed by atoms with E-state index >= 15 is 0 Å². The molecule has 0 amide bonds. The Balaban J connectivity index is 1.76. The van der Waals surface area contributed by atoms with E-state index in [-0.39, 0.29) is 5.41 Å². The number of hydrogen-bond donors (Lipinski definition) is 1. The highest BCUT2D eigenvalue weighted by molar-refractivity contribution is 6.02. The molecule has 0 radical (unpaired) electrons. The summed E-state index contributed by atoms with van der Waals surface area (Å²) in [5, 5.41) is 9.78. The molecule has 1 aromatic carbocycles. The first-order valence-corrected chi connectivity index (χ1v) is 9.06. The van der Waals surface area contributed by atoms with Gasteiger partial charge in [-0.05, 0) is 85.6 Å². The van der Waals surface area contributed by atoms with Gasteiger partial charge in [0.25, 0.3) is 0 Å². The summed E-state index contributed by atoms with van der Waals surface area (Å²) in [6, 6.07) is 5.92. The van der Waals surface area contributed by atoms with E-state index in [1.165, 1.54) is 17.5 Å². The molecule has 2 saturated carbocycles. The SMILES string of the molecule is C/C=C1\CC2C3CCc4cc(O)ccc4C3CCC[C@]2(C)C1=O. The van der Waals surface area contributed by atoms with E-state index in [4.69, 9.17) is 0 Å². The Morgan fingerprint density at radius 1 is 1.30 bits per heavy atom. The van der Waals surface area contributed by atoms with Gasteiger partial charge in [-0.3, -0.25) is 4.79 Å². The van der Waals surface area contributed by atoms with Crippen LogP contribution in [0.4, 0.5) is 0 Å². The number of allylic oxidation sites excluding steroid dienone is 2. The molecule has 3 unspecified atom stereocenters. The molecule has 4 rings (SSSR count). The first-order valence-electron chi connectivity index (χ1n) is 9.06. The predicted octanol–water partition coefficient (Wildman–Crippen LogP) is 4.76. The maximum atomic E-state index is 12.9. The van der Waals surface area contributed by atoms with Gasteiger partial charge < -0.3 is 5.11 Å². The molecule has 3 aliphatic carbocycles. The van der Waals surface area contributed by atoms with Gasteiger partial charge in [0, 0.05) is 5.41 Å². The standard InChI is InChI=1S/C21H26O2/c1-3-13-12-19-18-8-6-14-11-15(22)7-9-16(14)17(18)5-4-10-21(19,2)20(13)23/h3,7,9,11,17-19,22H,4-6,8,10,12H2,1-2H3/b13-3+/t17?,18?,19?,21-/m0/s1. The quantitative estimate of drug-likeness (QED) is 0.701. The molecule has 1 N–H and O–H groups in total. The van der Waals surface area contributed by atoms with Crippen LogP contribution in [-0.2, 0) is 11.2 Å². The van der Waals surface area contributed by atoms with Crippen molar-refractivity contribution >= 4 is 5.78 Å². The summed E-state index contributed by atoms with van der Waals surface area (Å²) in [5.74, 6) is 2.47. The second-order valence-corrected chi connectivity index (χ2v) is 7.96. The molecule has 2 nitrogen and oxygen atoms in total. The molecule has 122 valence electrons. The maximum Gasteiger partial charge on any atom is 0.164 e. The number of ketones is 1. The molecule has 2 heteroatoms. The minimum atomic E-state index is -0.143. The zero-order valence-electron chi connectivity index (χ0n) is 14.1. The summed E-state index contributed by atoms with van der Waals surface area (Å²) < 4.78 is 0. The van der Waals surface area contributed by atoms with Crippen molar-refractivity contribution in [3.63, 3.8) is 0 Å². The molecule has 0 heterocycles. The van der Waals surface area contributed by atoms with Crippen molar-refractivity contribution in [1.82, 2.24) is 0 Å². The second kappa shape index (κ2) is 5.22. The molecule has 0 aromatic heterocycles. The second-order valence-electron chi connectivity index (χ2n) is 7.96. The van der Waals surface area contributed by atoms with E-state index in [1.54, 1.807) is 0 Å². The van der Waals surface area contributed by atoms with Crippen molar-refractivity contribution in [1.29, 1.82) is 0 Å². The van der Waals surface area contributed by atoms with E-state index in [0.29, 0.717) is 29.3 Å². The minimum absolute atomic E-state index is 0.143. The van der Waals surface area contributed by atoms with Crippen LogP contribution in [0, 0.1) is 17.3 Å². The Hall–Kier alpha value is -1.57. The van der Waals surface area contributed by atoms with Crippen molar-refractivity contribution in [2.45, 2.75) is 58.3 Å². The van der Waals surface area contributed by atoms with Crippen LogP contribution in [0.1, 0.15) is 63.0 Å². The highest BCUT2D eigenvalue weighted by atomic mass is 16.3. The smallest absolute Gasteiger partial charge is 0.164 e. The van der Waals surface area contributed by atoms with Crippen LogP contribution in [0.3, 0.4) is 0 Å². The van der Waals surface area contributed by atoms with Crippen LogP contribution in [-0.4, -0.2) is 10.9 Å². The summed E-state index contributed by atoms with van der Waals surface area (Å²) in [7, 11) is 0. The van der Waals surface area contributed by atoms with Crippen LogP contribution in [0.5, 0.6) is 5.75 Å². The lowest BCUT2D eigenvalue weighted by molar-refractivity contribution is -0.124. The third kappa shape index (κ3) is 2.10. The van der Waals surface area contributed by atoms with Gasteiger partial charge in [-0.1, -0.05) is 25.5 Å². The van der Waals surface area contributed by atoms with E-state index in [1.807, 2.05) is 25.1 Å². The van der Waals surface area contributed by atoms with Gasteiger partial charge in [-0.15, -0.1) is 0 Å². The van der Waals surface area contributed by atoms with Gasteiger partial charge in [-0.2, -0.15) is 0 Å². The summed E-state index contributed by atoms with van der Waals surface area (Å²) in [6.45, 7) is 4.24. The first-order chi connectivity index (χ1) is 11.0. The average molecular weight is 310 g/mol. The van der Waals surface area contributed by atoms with Crippen LogP contribution < -0.4 is 0 Å². The fraction of sp³-hybridized carbons (Fsp3) is 0.571. The number of benzene rings is 1. The largest absolute Gasteiger partial charge is 0.508 e. The molecular formula is C21H26O2. The zero-order valence-corrected chi connectivity index (χ0v) is 14.1. The number of rotatable bonds is 0. The van der Waals surface area contributed by atoms with Crippen LogP contribution in [0.15, 0.2) is 29.8 Å². The number of Topliss-reactive ketones (excluding diaryl/α,β-unsaturated/α-hetero) is 1. The number of carbonyl (C=O) groups is 1. The normalized spacial score (nSPS) is 37.9. The molecule has 23 heavy (non-hydrogen) atoms. The molecular weight excluding hydrogens is 284 g/mol. The Morgan fingerprint density at radius 3 is 2.91 bits per heavy atom. The van der Waals surface area contributed by atoms with Crippen molar-refractivity contribution in [2.24, 2.45) is 17.3 Å². The van der Waals surface area contributed by atoms with Gasteiger partial charge in [-0.25, -0.2) is 0 Å². The number of aryl methyl sites for hydroxylation is 1. The number of fused-ring (bicyclic) bond motifs is 5. The molecule has 0 saturated heterocycles. The lowest BCUT2D eigenvalue weighted by Crippen LogP contribution is -2.35. The highest BCUT2D eigenvalue weighted by Gasteiger charge is 2.54. The fourth-order valence-corrected chi connectivity index (χ4v) is 5.73. The number of phenolic OH excluding ortho intramolecular Hbond substituents is 1. The Morgan fingerprint density at radius 2 is 2.13 bits per heavy atom. The average Bonchev–Trinajstić information content (AvgIpc) is 2.70. The predicted molar refractivity (Wildman–Crippen MR) is 91.5 cm³/mol. The van der Waals surface area contributed by atoms with E-state index in [2.05, 4.69) is 13.0 Å². The van der Waals surface area contributed by atoms with E-state index in [9.17, 15) is 9.90 Å². The Bertz CT molecular complexity index is 687. The number of hydrogen-bond acceptors (Lipinski definition) is 2. The molecule has 0 spiro atoms.